The number of hydrogen-bond acceptors (Lipinski definition) is 2. The van der Waals surface area contributed by atoms with Crippen LogP contribution < -0.4 is 10.6 Å². The lowest BCUT2D eigenvalue weighted by atomic mass is 10.4. The Kier molecular flexibility index (Phi) is 9.89. The normalized spacial score (nSPS) is 10.8. The van der Waals surface area contributed by atoms with E-state index in [-0.39, 0.29) is 24.0 Å². The van der Waals surface area contributed by atoms with E-state index in [2.05, 4.69) is 32.1 Å². The largest absolute Gasteiger partial charge is 0.356 e. The summed E-state index contributed by atoms with van der Waals surface area (Å²) in [5, 5.41) is 6.50. The number of aromatic nitrogens is 2. The Labute approximate surface area is 120 Å². The van der Waals surface area contributed by atoms with Gasteiger partial charge in [0.1, 0.15) is 0 Å². The SMILES string of the molecule is CCCNC(=NC)NCCCn1ccnc1.I. The number of halogens is 1. The molecular weight excluding hydrogens is 329 g/mol. The van der Waals surface area contributed by atoms with Crippen molar-refractivity contribution in [2.45, 2.75) is 26.3 Å². The average Bonchev–Trinajstić information content (AvgIpc) is 2.81. The fourth-order valence-corrected chi connectivity index (χ4v) is 1.35. The lowest BCUT2D eigenvalue weighted by Gasteiger charge is -2.10. The summed E-state index contributed by atoms with van der Waals surface area (Å²) in [5.41, 5.74) is 0. The van der Waals surface area contributed by atoms with Gasteiger partial charge in [0.2, 0.25) is 0 Å². The fraction of sp³-hybridized carbons (Fsp3) is 0.636. The third kappa shape index (κ3) is 7.19. The third-order valence-corrected chi connectivity index (χ3v) is 2.21. The van der Waals surface area contributed by atoms with Crippen LogP contribution in [0.4, 0.5) is 0 Å². The number of nitrogens with zero attached hydrogens (tertiary/aromatic N) is 3. The van der Waals surface area contributed by atoms with Crippen LogP contribution in [0.2, 0.25) is 0 Å². The molecule has 0 radical (unpaired) electrons. The molecule has 2 N–H and O–H groups in total. The minimum atomic E-state index is 0. The maximum Gasteiger partial charge on any atom is 0.190 e. The van der Waals surface area contributed by atoms with Gasteiger partial charge < -0.3 is 15.2 Å². The lowest BCUT2D eigenvalue weighted by molar-refractivity contribution is 0.624. The minimum Gasteiger partial charge on any atom is -0.356 e. The number of hydrogen-bond donors (Lipinski definition) is 2. The molecule has 0 fully saturated rings. The molecule has 1 rings (SSSR count). The summed E-state index contributed by atoms with van der Waals surface area (Å²) in [6, 6.07) is 0. The number of aliphatic imine (C=N–C) groups is 1. The Morgan fingerprint density at radius 1 is 1.35 bits per heavy atom. The van der Waals surface area contributed by atoms with E-state index in [1.807, 2.05) is 12.5 Å². The molecule has 0 atom stereocenters. The Morgan fingerprint density at radius 3 is 2.71 bits per heavy atom. The Morgan fingerprint density at radius 2 is 2.12 bits per heavy atom. The monoisotopic (exact) mass is 351 g/mol. The second kappa shape index (κ2) is 10.4. The van der Waals surface area contributed by atoms with Crippen molar-refractivity contribution in [3.63, 3.8) is 0 Å². The highest BCUT2D eigenvalue weighted by Crippen LogP contribution is 1.88. The van der Waals surface area contributed by atoms with Gasteiger partial charge in [-0.3, -0.25) is 4.99 Å². The van der Waals surface area contributed by atoms with Gasteiger partial charge in [0.25, 0.3) is 0 Å². The van der Waals surface area contributed by atoms with E-state index < -0.39 is 0 Å². The molecule has 0 saturated carbocycles. The summed E-state index contributed by atoms with van der Waals surface area (Å²) in [5.74, 6) is 0.882. The standard InChI is InChI=1S/C11H21N5.HI/c1-3-5-14-11(12-2)15-6-4-8-16-9-7-13-10-16;/h7,9-10H,3-6,8H2,1-2H3,(H2,12,14,15);1H. The minimum absolute atomic E-state index is 0. The number of imidazole rings is 1. The first-order valence-electron chi connectivity index (χ1n) is 5.77. The van der Waals surface area contributed by atoms with Crippen LogP contribution in [0.5, 0.6) is 0 Å². The van der Waals surface area contributed by atoms with Crippen LogP contribution in [0.3, 0.4) is 0 Å². The van der Waals surface area contributed by atoms with Crippen molar-refractivity contribution in [1.29, 1.82) is 0 Å². The molecule has 0 bridgehead atoms. The number of guanidine groups is 1. The summed E-state index contributed by atoms with van der Waals surface area (Å²) >= 11 is 0. The molecule has 17 heavy (non-hydrogen) atoms. The van der Waals surface area contributed by atoms with Crippen molar-refractivity contribution in [3.05, 3.63) is 18.7 Å². The predicted molar refractivity (Wildman–Crippen MR) is 81.9 cm³/mol. The number of nitrogens with one attached hydrogen (secondary N) is 2. The van der Waals surface area contributed by atoms with E-state index in [9.17, 15) is 0 Å². The molecule has 0 aliphatic rings. The second-order valence-corrected chi connectivity index (χ2v) is 3.58. The van der Waals surface area contributed by atoms with Gasteiger partial charge in [-0.1, -0.05) is 6.92 Å². The molecule has 0 saturated heterocycles. The molecule has 0 aromatic carbocycles. The first kappa shape index (κ1) is 16.2. The van der Waals surface area contributed by atoms with Crippen molar-refractivity contribution in [2.24, 2.45) is 4.99 Å². The molecule has 0 spiro atoms. The van der Waals surface area contributed by atoms with Crippen molar-refractivity contribution in [3.8, 4) is 0 Å². The van der Waals surface area contributed by atoms with E-state index >= 15 is 0 Å². The van der Waals surface area contributed by atoms with E-state index in [0.717, 1.165) is 38.4 Å². The summed E-state index contributed by atoms with van der Waals surface area (Å²) in [7, 11) is 1.79. The van der Waals surface area contributed by atoms with Crippen LogP contribution in [-0.4, -0.2) is 35.6 Å². The van der Waals surface area contributed by atoms with Gasteiger partial charge in [0.05, 0.1) is 6.33 Å². The maximum atomic E-state index is 4.14. The van der Waals surface area contributed by atoms with E-state index in [1.165, 1.54) is 0 Å². The Hall–Kier alpha value is -0.790. The summed E-state index contributed by atoms with van der Waals surface area (Å²) in [6.45, 7) is 5.00. The fourth-order valence-electron chi connectivity index (χ4n) is 1.35. The molecular formula is C11H22IN5. The van der Waals surface area contributed by atoms with Crippen LogP contribution in [0.25, 0.3) is 0 Å². The van der Waals surface area contributed by atoms with Gasteiger partial charge in [-0.05, 0) is 12.8 Å². The van der Waals surface area contributed by atoms with Gasteiger partial charge in [-0.2, -0.15) is 0 Å². The van der Waals surface area contributed by atoms with E-state index in [1.54, 1.807) is 13.2 Å². The molecule has 0 amide bonds. The molecule has 1 aromatic rings. The first-order chi connectivity index (χ1) is 7.86. The van der Waals surface area contributed by atoms with Crippen LogP contribution in [0.15, 0.2) is 23.7 Å². The summed E-state index contributed by atoms with van der Waals surface area (Å²) < 4.78 is 2.07. The molecule has 0 aliphatic heterocycles. The summed E-state index contributed by atoms with van der Waals surface area (Å²) in [6.07, 6.45) is 7.78. The molecule has 1 heterocycles. The smallest absolute Gasteiger partial charge is 0.190 e. The Bertz CT molecular complexity index is 297. The zero-order valence-electron chi connectivity index (χ0n) is 10.5. The highest BCUT2D eigenvalue weighted by Gasteiger charge is 1.95. The quantitative estimate of drug-likeness (QED) is 0.353. The molecule has 5 nitrogen and oxygen atoms in total. The molecule has 98 valence electrons. The maximum absolute atomic E-state index is 4.14. The first-order valence-corrected chi connectivity index (χ1v) is 5.77. The van der Waals surface area contributed by atoms with E-state index in [0.29, 0.717) is 0 Å². The second-order valence-electron chi connectivity index (χ2n) is 3.58. The lowest BCUT2D eigenvalue weighted by Crippen LogP contribution is -2.38. The van der Waals surface area contributed by atoms with Crippen molar-refractivity contribution >= 4 is 29.9 Å². The van der Waals surface area contributed by atoms with Crippen molar-refractivity contribution < 1.29 is 0 Å². The van der Waals surface area contributed by atoms with Gasteiger partial charge in [-0.15, -0.1) is 24.0 Å². The molecule has 0 unspecified atom stereocenters. The summed E-state index contributed by atoms with van der Waals surface area (Å²) in [4.78, 5) is 8.13. The average molecular weight is 351 g/mol. The molecule has 1 aromatic heterocycles. The van der Waals surface area contributed by atoms with Crippen molar-refractivity contribution in [2.75, 3.05) is 20.1 Å². The predicted octanol–water partition coefficient (Wildman–Crippen LogP) is 1.47. The Balaban J connectivity index is 0.00000256. The zero-order valence-corrected chi connectivity index (χ0v) is 12.8. The highest BCUT2D eigenvalue weighted by atomic mass is 127. The topological polar surface area (TPSA) is 54.2 Å². The van der Waals surface area contributed by atoms with Crippen LogP contribution in [0.1, 0.15) is 19.8 Å². The zero-order chi connectivity index (χ0) is 11.6. The van der Waals surface area contributed by atoms with Gasteiger partial charge in [0.15, 0.2) is 5.96 Å². The number of aryl methyl sites for hydroxylation is 1. The molecule has 0 aliphatic carbocycles. The van der Waals surface area contributed by atoms with Crippen LogP contribution >= 0.6 is 24.0 Å². The number of rotatable bonds is 6. The molecule has 6 heteroatoms. The highest BCUT2D eigenvalue weighted by molar-refractivity contribution is 14.0. The third-order valence-electron chi connectivity index (χ3n) is 2.21. The van der Waals surface area contributed by atoms with Gasteiger partial charge >= 0.3 is 0 Å². The van der Waals surface area contributed by atoms with E-state index in [4.69, 9.17) is 0 Å². The van der Waals surface area contributed by atoms with Crippen molar-refractivity contribution in [1.82, 2.24) is 20.2 Å². The van der Waals surface area contributed by atoms with Gasteiger partial charge in [0, 0.05) is 39.1 Å². The van der Waals surface area contributed by atoms with Crippen LogP contribution in [0, 0.1) is 0 Å². The van der Waals surface area contributed by atoms with Crippen LogP contribution in [-0.2, 0) is 6.54 Å². The van der Waals surface area contributed by atoms with Gasteiger partial charge in [-0.25, -0.2) is 4.98 Å².